The van der Waals surface area contributed by atoms with Crippen LogP contribution in [0.3, 0.4) is 0 Å². The van der Waals surface area contributed by atoms with Gasteiger partial charge in [-0.25, -0.2) is 4.98 Å². The summed E-state index contributed by atoms with van der Waals surface area (Å²) in [5, 5.41) is 9.41. The van der Waals surface area contributed by atoms with Crippen LogP contribution in [0.4, 0.5) is 16.5 Å². The minimum atomic E-state index is -0.392. The average Bonchev–Trinajstić information content (AvgIpc) is 3.28. The predicted octanol–water partition coefficient (Wildman–Crippen LogP) is 4.68. The number of thiazole rings is 1. The number of halogens is 1. The first-order valence-electron chi connectivity index (χ1n) is 9.64. The number of amides is 3. The number of fused-ring (bicyclic) bond motifs is 1. The quantitative estimate of drug-likeness (QED) is 0.521. The number of hydrogen-bond acceptors (Lipinski definition) is 5. The molecule has 2 aromatic carbocycles. The molecule has 1 aromatic heterocycles. The molecule has 4 rings (SSSR count). The fourth-order valence-electron chi connectivity index (χ4n) is 3.41. The van der Waals surface area contributed by atoms with E-state index in [1.54, 1.807) is 48.5 Å². The highest BCUT2D eigenvalue weighted by molar-refractivity contribution is 7.16. The third-order valence-electron chi connectivity index (χ3n) is 4.81. The number of aromatic nitrogens is 1. The zero-order chi connectivity index (χ0) is 22.0. The summed E-state index contributed by atoms with van der Waals surface area (Å²) in [6, 6.07) is 13.6. The van der Waals surface area contributed by atoms with E-state index >= 15 is 0 Å². The number of aryl methyl sites for hydroxylation is 1. The second-order valence-corrected chi connectivity index (χ2v) is 8.65. The van der Waals surface area contributed by atoms with Crippen molar-refractivity contribution in [1.29, 1.82) is 0 Å². The van der Waals surface area contributed by atoms with Crippen molar-refractivity contribution in [3.05, 3.63) is 69.7 Å². The topological polar surface area (TPSA) is 100 Å². The average molecular weight is 455 g/mol. The lowest BCUT2D eigenvalue weighted by Crippen LogP contribution is -2.20. The summed E-state index contributed by atoms with van der Waals surface area (Å²) >= 11 is 7.25. The minimum absolute atomic E-state index is 0.167. The van der Waals surface area contributed by atoms with Gasteiger partial charge in [-0.1, -0.05) is 17.7 Å². The van der Waals surface area contributed by atoms with Gasteiger partial charge in [0.25, 0.3) is 5.91 Å². The third-order valence-corrected chi connectivity index (χ3v) is 6.11. The molecule has 1 heterocycles. The van der Waals surface area contributed by atoms with Crippen LogP contribution in [-0.2, 0) is 16.0 Å². The van der Waals surface area contributed by atoms with E-state index in [1.165, 1.54) is 18.3 Å². The lowest BCUT2D eigenvalue weighted by atomic mass is 10.1. The lowest BCUT2D eigenvalue weighted by Gasteiger charge is -2.12. The zero-order valence-corrected chi connectivity index (χ0v) is 18.1. The Morgan fingerprint density at radius 1 is 1.03 bits per heavy atom. The third kappa shape index (κ3) is 4.92. The fraction of sp³-hybridized carbons (Fsp3) is 0.182. The zero-order valence-electron chi connectivity index (χ0n) is 16.6. The molecule has 1 aliphatic carbocycles. The largest absolute Gasteiger partial charge is 0.326 e. The Morgan fingerprint density at radius 2 is 1.74 bits per heavy atom. The lowest BCUT2D eigenvalue weighted by molar-refractivity contribution is -0.117. The molecule has 0 saturated carbocycles. The molecule has 0 spiro atoms. The molecule has 158 valence electrons. The van der Waals surface area contributed by atoms with Crippen molar-refractivity contribution in [3.63, 3.8) is 0 Å². The first-order chi connectivity index (χ1) is 14.9. The van der Waals surface area contributed by atoms with Gasteiger partial charge in [0.05, 0.1) is 11.6 Å². The van der Waals surface area contributed by atoms with Crippen molar-refractivity contribution in [2.45, 2.75) is 25.7 Å². The molecular formula is C22H19ClN4O3S. The van der Waals surface area contributed by atoms with Crippen molar-refractivity contribution >= 4 is 57.2 Å². The molecule has 0 aliphatic heterocycles. The summed E-state index contributed by atoms with van der Waals surface area (Å²) in [4.78, 5) is 42.0. The van der Waals surface area contributed by atoms with E-state index in [4.69, 9.17) is 11.6 Å². The molecule has 1 atom stereocenters. The van der Waals surface area contributed by atoms with Gasteiger partial charge in [0.15, 0.2) is 5.13 Å². The molecule has 7 nitrogen and oxygen atoms in total. The van der Waals surface area contributed by atoms with Crippen molar-refractivity contribution in [3.8, 4) is 0 Å². The van der Waals surface area contributed by atoms with Gasteiger partial charge in [-0.05, 0) is 55.3 Å². The SMILES string of the molecule is CC(=O)Nc1cccc(NC(=O)C2CCc3sc(NC(=O)c4ccc(Cl)cc4)nc32)c1. The summed E-state index contributed by atoms with van der Waals surface area (Å²) in [6.45, 7) is 1.43. The second-order valence-electron chi connectivity index (χ2n) is 7.13. The van der Waals surface area contributed by atoms with Crippen molar-refractivity contribution < 1.29 is 14.4 Å². The number of nitrogens with one attached hydrogen (secondary N) is 3. The van der Waals surface area contributed by atoms with Crippen LogP contribution < -0.4 is 16.0 Å². The maximum absolute atomic E-state index is 12.9. The van der Waals surface area contributed by atoms with Gasteiger partial charge in [0.1, 0.15) is 0 Å². The molecule has 3 aromatic rings. The fourth-order valence-corrected chi connectivity index (χ4v) is 4.57. The molecule has 3 amide bonds. The van der Waals surface area contributed by atoms with E-state index in [-0.39, 0.29) is 17.7 Å². The van der Waals surface area contributed by atoms with E-state index in [9.17, 15) is 14.4 Å². The molecule has 0 bridgehead atoms. The highest BCUT2D eigenvalue weighted by atomic mass is 35.5. The van der Waals surface area contributed by atoms with E-state index < -0.39 is 5.92 Å². The first kappa shape index (κ1) is 21.0. The Morgan fingerprint density at radius 3 is 2.45 bits per heavy atom. The maximum Gasteiger partial charge on any atom is 0.257 e. The van der Waals surface area contributed by atoms with E-state index in [1.807, 2.05) is 0 Å². The molecule has 3 N–H and O–H groups in total. The van der Waals surface area contributed by atoms with Crippen LogP contribution in [-0.4, -0.2) is 22.7 Å². The van der Waals surface area contributed by atoms with Crippen molar-refractivity contribution in [1.82, 2.24) is 4.98 Å². The maximum atomic E-state index is 12.9. The Balaban J connectivity index is 1.44. The first-order valence-corrected chi connectivity index (χ1v) is 10.8. The number of carbonyl (C=O) groups is 3. The summed E-state index contributed by atoms with van der Waals surface area (Å²) in [5.74, 6) is -1.02. The van der Waals surface area contributed by atoms with Crippen LogP contribution in [0.1, 0.15) is 40.2 Å². The van der Waals surface area contributed by atoms with Crippen LogP contribution in [0, 0.1) is 0 Å². The highest BCUT2D eigenvalue weighted by Gasteiger charge is 2.33. The predicted molar refractivity (Wildman–Crippen MR) is 122 cm³/mol. The van der Waals surface area contributed by atoms with Crippen LogP contribution in [0.5, 0.6) is 0 Å². The monoisotopic (exact) mass is 454 g/mol. The van der Waals surface area contributed by atoms with Gasteiger partial charge >= 0.3 is 0 Å². The normalized spacial score (nSPS) is 14.6. The molecular weight excluding hydrogens is 436 g/mol. The Labute approximate surface area is 187 Å². The van der Waals surface area contributed by atoms with E-state index in [2.05, 4.69) is 20.9 Å². The van der Waals surface area contributed by atoms with Crippen LogP contribution in [0.15, 0.2) is 48.5 Å². The summed E-state index contributed by atoms with van der Waals surface area (Å²) in [6.07, 6.45) is 1.39. The van der Waals surface area contributed by atoms with E-state index in [0.717, 1.165) is 11.3 Å². The van der Waals surface area contributed by atoms with Crippen LogP contribution in [0.25, 0.3) is 0 Å². The van der Waals surface area contributed by atoms with Crippen LogP contribution >= 0.6 is 22.9 Å². The number of anilines is 3. The van der Waals surface area contributed by atoms with Gasteiger partial charge < -0.3 is 10.6 Å². The number of nitrogens with zero attached hydrogens (tertiary/aromatic N) is 1. The number of benzene rings is 2. The Hall–Kier alpha value is -3.23. The van der Waals surface area contributed by atoms with Crippen molar-refractivity contribution in [2.24, 2.45) is 0 Å². The molecule has 0 saturated heterocycles. The summed E-state index contributed by atoms with van der Waals surface area (Å²) < 4.78 is 0. The summed E-state index contributed by atoms with van der Waals surface area (Å²) in [5.41, 5.74) is 2.38. The van der Waals surface area contributed by atoms with Gasteiger partial charge in [0, 0.05) is 33.8 Å². The van der Waals surface area contributed by atoms with Gasteiger partial charge in [-0.2, -0.15) is 0 Å². The molecule has 1 unspecified atom stereocenters. The van der Waals surface area contributed by atoms with Gasteiger partial charge in [-0.3, -0.25) is 19.7 Å². The number of rotatable bonds is 5. The summed E-state index contributed by atoms with van der Waals surface area (Å²) in [7, 11) is 0. The molecule has 0 fully saturated rings. The molecule has 0 radical (unpaired) electrons. The number of carbonyl (C=O) groups excluding carboxylic acids is 3. The number of hydrogen-bond donors (Lipinski definition) is 3. The second kappa shape index (κ2) is 8.87. The highest BCUT2D eigenvalue weighted by Crippen LogP contribution is 2.39. The van der Waals surface area contributed by atoms with Gasteiger partial charge in [-0.15, -0.1) is 11.3 Å². The molecule has 31 heavy (non-hydrogen) atoms. The molecule has 1 aliphatic rings. The van der Waals surface area contributed by atoms with E-state index in [0.29, 0.717) is 39.2 Å². The smallest absolute Gasteiger partial charge is 0.257 e. The van der Waals surface area contributed by atoms with Gasteiger partial charge in [0.2, 0.25) is 11.8 Å². The van der Waals surface area contributed by atoms with Crippen molar-refractivity contribution in [2.75, 3.05) is 16.0 Å². The molecule has 9 heteroatoms. The van der Waals surface area contributed by atoms with Crippen LogP contribution in [0.2, 0.25) is 5.02 Å². The minimum Gasteiger partial charge on any atom is -0.326 e. The Bertz CT molecular complexity index is 1160. The standard InChI is InChI=1S/C22H19ClN4O3S/c1-12(28)24-15-3-2-4-16(11-15)25-21(30)17-9-10-18-19(17)26-22(31-18)27-20(29)13-5-7-14(23)8-6-13/h2-8,11,17H,9-10H2,1H3,(H,24,28)(H,25,30)(H,26,27,29). The Kier molecular flexibility index (Phi) is 6.01.